The molecule has 0 radical (unpaired) electrons. The molecular weight excluding hydrogens is 382 g/mol. The molecule has 0 bridgehead atoms. The molecule has 3 aromatic rings. The van der Waals surface area contributed by atoms with Crippen LogP contribution in [-0.4, -0.2) is 49.4 Å². The van der Waals surface area contributed by atoms with Gasteiger partial charge in [0.2, 0.25) is 0 Å². The maximum atomic E-state index is 5.39. The minimum absolute atomic E-state index is 0.351. The van der Waals surface area contributed by atoms with E-state index in [4.69, 9.17) is 4.74 Å². The quantitative estimate of drug-likeness (QED) is 0.550. The standard InChI is InChI=1S/C27H27N3O/c1-31-26-15-7-2-9-21(26)10-8-16-28-30-19-17-29(18-20-30)27-24-13-5-3-11-22(24)23-12-4-6-14-25(23)27/h2-16,27H,17-20H2,1H3/b10-8-,28-16-. The summed E-state index contributed by atoms with van der Waals surface area (Å²) >= 11 is 0. The predicted octanol–water partition coefficient (Wildman–Crippen LogP) is 5.08. The zero-order valence-corrected chi connectivity index (χ0v) is 17.8. The number of hydrogen-bond donors (Lipinski definition) is 0. The van der Waals surface area contributed by atoms with E-state index < -0.39 is 0 Å². The van der Waals surface area contributed by atoms with Crippen molar-refractivity contribution in [2.24, 2.45) is 5.10 Å². The van der Waals surface area contributed by atoms with Gasteiger partial charge in [-0.15, -0.1) is 0 Å². The maximum absolute atomic E-state index is 5.39. The van der Waals surface area contributed by atoms with Gasteiger partial charge < -0.3 is 4.74 Å². The van der Waals surface area contributed by atoms with Gasteiger partial charge in [0.1, 0.15) is 5.75 Å². The van der Waals surface area contributed by atoms with Crippen LogP contribution in [0.25, 0.3) is 17.2 Å². The first-order valence-corrected chi connectivity index (χ1v) is 10.9. The molecule has 31 heavy (non-hydrogen) atoms. The number of methoxy groups -OCH3 is 1. The lowest BCUT2D eigenvalue weighted by molar-refractivity contribution is 0.114. The average molecular weight is 410 g/mol. The van der Waals surface area contributed by atoms with Crippen molar-refractivity contribution in [3.05, 3.63) is 95.6 Å². The number of hydrogen-bond acceptors (Lipinski definition) is 4. The molecule has 3 aromatic carbocycles. The number of benzene rings is 3. The molecule has 1 heterocycles. The van der Waals surface area contributed by atoms with Crippen LogP contribution in [0, 0.1) is 0 Å². The van der Waals surface area contributed by atoms with Gasteiger partial charge in [0.15, 0.2) is 0 Å². The first kappa shape index (κ1) is 19.6. The highest BCUT2D eigenvalue weighted by atomic mass is 16.5. The summed E-state index contributed by atoms with van der Waals surface area (Å²) in [5.74, 6) is 0.873. The van der Waals surface area contributed by atoms with Crippen molar-refractivity contribution in [3.8, 4) is 16.9 Å². The van der Waals surface area contributed by atoms with E-state index in [9.17, 15) is 0 Å². The van der Waals surface area contributed by atoms with Crippen LogP contribution in [0.1, 0.15) is 22.7 Å². The van der Waals surface area contributed by atoms with Crippen LogP contribution >= 0.6 is 0 Å². The second-order valence-corrected chi connectivity index (χ2v) is 7.93. The average Bonchev–Trinajstić information content (AvgIpc) is 3.17. The molecule has 0 aromatic heterocycles. The van der Waals surface area contributed by atoms with E-state index in [2.05, 4.69) is 63.5 Å². The Morgan fingerprint density at radius 3 is 2.10 bits per heavy atom. The van der Waals surface area contributed by atoms with E-state index >= 15 is 0 Å². The summed E-state index contributed by atoms with van der Waals surface area (Å²) in [6.45, 7) is 3.86. The molecule has 1 saturated heterocycles. The van der Waals surface area contributed by atoms with Gasteiger partial charge in [-0.3, -0.25) is 9.91 Å². The molecule has 5 rings (SSSR count). The van der Waals surface area contributed by atoms with E-state index in [0.29, 0.717) is 6.04 Å². The molecule has 0 atom stereocenters. The molecule has 0 N–H and O–H groups in total. The van der Waals surface area contributed by atoms with Gasteiger partial charge >= 0.3 is 0 Å². The summed E-state index contributed by atoms with van der Waals surface area (Å²) in [5, 5.41) is 6.82. The van der Waals surface area contributed by atoms with Gasteiger partial charge in [-0.1, -0.05) is 66.7 Å². The Kier molecular flexibility index (Phi) is 5.55. The molecule has 2 aliphatic rings. The first-order chi connectivity index (χ1) is 15.3. The lowest BCUT2D eigenvalue weighted by Gasteiger charge is -2.37. The van der Waals surface area contributed by atoms with Gasteiger partial charge in [-0.2, -0.15) is 5.10 Å². The van der Waals surface area contributed by atoms with Gasteiger partial charge in [-0.25, -0.2) is 0 Å². The fraction of sp³-hybridized carbons (Fsp3) is 0.222. The molecule has 4 heteroatoms. The van der Waals surface area contributed by atoms with Crippen molar-refractivity contribution >= 4 is 12.3 Å². The summed E-state index contributed by atoms with van der Waals surface area (Å²) in [7, 11) is 1.70. The monoisotopic (exact) mass is 409 g/mol. The number of hydrazone groups is 1. The minimum atomic E-state index is 0.351. The van der Waals surface area contributed by atoms with Crippen LogP contribution in [0.5, 0.6) is 5.75 Å². The summed E-state index contributed by atoms with van der Waals surface area (Å²) in [6.07, 6.45) is 5.89. The summed E-state index contributed by atoms with van der Waals surface area (Å²) in [4.78, 5) is 2.60. The van der Waals surface area contributed by atoms with E-state index in [1.165, 1.54) is 22.3 Å². The predicted molar refractivity (Wildman–Crippen MR) is 127 cm³/mol. The molecule has 1 aliphatic heterocycles. The van der Waals surface area contributed by atoms with Crippen molar-refractivity contribution in [2.75, 3.05) is 33.3 Å². The highest BCUT2D eigenvalue weighted by molar-refractivity contribution is 5.79. The minimum Gasteiger partial charge on any atom is -0.496 e. The van der Waals surface area contributed by atoms with Gasteiger partial charge in [0.05, 0.1) is 13.2 Å². The number of para-hydroxylation sites is 1. The Morgan fingerprint density at radius 2 is 1.42 bits per heavy atom. The number of allylic oxidation sites excluding steroid dienone is 1. The maximum Gasteiger partial charge on any atom is 0.126 e. The molecule has 156 valence electrons. The zero-order chi connectivity index (χ0) is 21.0. The fourth-order valence-electron chi connectivity index (χ4n) is 4.69. The highest BCUT2D eigenvalue weighted by Crippen LogP contribution is 2.46. The van der Waals surface area contributed by atoms with Crippen LogP contribution in [-0.2, 0) is 0 Å². The van der Waals surface area contributed by atoms with Gasteiger partial charge in [0, 0.05) is 38.0 Å². The summed E-state index contributed by atoms with van der Waals surface area (Å²) in [5.41, 5.74) is 6.68. The highest BCUT2D eigenvalue weighted by Gasteiger charge is 2.33. The second kappa shape index (κ2) is 8.78. The van der Waals surface area contributed by atoms with Crippen LogP contribution in [0.4, 0.5) is 0 Å². The number of fused-ring (bicyclic) bond motifs is 3. The van der Waals surface area contributed by atoms with Crippen molar-refractivity contribution in [1.82, 2.24) is 9.91 Å². The first-order valence-electron chi connectivity index (χ1n) is 10.9. The fourth-order valence-corrected chi connectivity index (χ4v) is 4.69. The third-order valence-electron chi connectivity index (χ3n) is 6.19. The zero-order valence-electron chi connectivity index (χ0n) is 17.8. The normalized spacial score (nSPS) is 16.7. The van der Waals surface area contributed by atoms with Crippen LogP contribution in [0.3, 0.4) is 0 Å². The summed E-state index contributed by atoms with van der Waals surface area (Å²) < 4.78 is 5.39. The van der Waals surface area contributed by atoms with Gasteiger partial charge in [0.25, 0.3) is 0 Å². The molecule has 0 amide bonds. The molecule has 1 fully saturated rings. The molecule has 0 spiro atoms. The van der Waals surface area contributed by atoms with Crippen LogP contribution < -0.4 is 4.74 Å². The third-order valence-corrected chi connectivity index (χ3v) is 6.19. The Hall–Kier alpha value is -3.37. The van der Waals surface area contributed by atoms with Crippen molar-refractivity contribution in [2.45, 2.75) is 6.04 Å². The molecule has 0 saturated carbocycles. The Bertz CT molecular complexity index is 1070. The smallest absolute Gasteiger partial charge is 0.126 e. The van der Waals surface area contributed by atoms with E-state index in [1.54, 1.807) is 7.11 Å². The van der Waals surface area contributed by atoms with Crippen LogP contribution in [0.2, 0.25) is 0 Å². The second-order valence-electron chi connectivity index (χ2n) is 7.93. The Labute approximate surface area is 184 Å². The van der Waals surface area contributed by atoms with Crippen molar-refractivity contribution < 1.29 is 4.74 Å². The lowest BCUT2D eigenvalue weighted by Crippen LogP contribution is -2.45. The van der Waals surface area contributed by atoms with E-state index in [1.807, 2.05) is 42.6 Å². The van der Waals surface area contributed by atoms with E-state index in [0.717, 1.165) is 37.5 Å². The Morgan fingerprint density at radius 1 is 0.806 bits per heavy atom. The topological polar surface area (TPSA) is 28.1 Å². The SMILES string of the molecule is COc1ccccc1/C=C\C=N/N1CCN(C2c3ccccc3-c3ccccc32)CC1. The Balaban J connectivity index is 1.24. The summed E-state index contributed by atoms with van der Waals surface area (Å²) in [6, 6.07) is 26.0. The number of nitrogens with zero attached hydrogens (tertiary/aromatic N) is 3. The van der Waals surface area contributed by atoms with E-state index in [-0.39, 0.29) is 0 Å². The molecule has 1 aliphatic carbocycles. The molecule has 4 nitrogen and oxygen atoms in total. The number of rotatable bonds is 5. The van der Waals surface area contributed by atoms with Gasteiger partial charge in [-0.05, 0) is 40.5 Å². The third kappa shape index (κ3) is 3.87. The molecule has 0 unspecified atom stereocenters. The van der Waals surface area contributed by atoms with Crippen molar-refractivity contribution in [3.63, 3.8) is 0 Å². The number of ether oxygens (including phenoxy) is 1. The van der Waals surface area contributed by atoms with Crippen LogP contribution in [0.15, 0.2) is 84.0 Å². The largest absolute Gasteiger partial charge is 0.496 e. The van der Waals surface area contributed by atoms with Crippen molar-refractivity contribution in [1.29, 1.82) is 0 Å². The lowest BCUT2D eigenvalue weighted by atomic mass is 10.0. The molecular formula is C27H27N3O. The number of piperazine rings is 1.